The van der Waals surface area contributed by atoms with Gasteiger partial charge in [-0.25, -0.2) is 9.78 Å². The number of ether oxygens (including phenoxy) is 1. The number of thiophene rings is 1. The van der Waals surface area contributed by atoms with Crippen LogP contribution < -0.4 is 5.32 Å². The molecule has 8 heteroatoms. The molecule has 0 aromatic carbocycles. The summed E-state index contributed by atoms with van der Waals surface area (Å²) in [6.45, 7) is 6.82. The Morgan fingerprint density at radius 2 is 2.06 bits per heavy atom. The standard InChI is InChI=1S/C27H33N3O3S2/c1-27(2,3)18-9-10-20-16(14-18)13-17(15-28)24(29-20)34-12-11-22(31)30-25-23(26(32)33-4)19-7-5-6-8-21(19)35-25/h13,18H,5-12,14H2,1-4H3,(H,30,31). The molecule has 0 aliphatic heterocycles. The van der Waals surface area contributed by atoms with Crippen molar-refractivity contribution in [3.05, 3.63) is 38.9 Å². The summed E-state index contributed by atoms with van der Waals surface area (Å²) < 4.78 is 4.99. The van der Waals surface area contributed by atoms with Crippen molar-refractivity contribution in [3.63, 3.8) is 0 Å². The molecule has 0 fully saturated rings. The third-order valence-corrected chi connectivity index (χ3v) is 9.28. The number of aryl methyl sites for hydroxylation is 2. The topological polar surface area (TPSA) is 92.1 Å². The Bertz CT molecular complexity index is 1170. The Morgan fingerprint density at radius 1 is 1.29 bits per heavy atom. The molecule has 1 N–H and O–H groups in total. The fourth-order valence-corrected chi connectivity index (χ4v) is 7.19. The number of nitrogens with zero attached hydrogens (tertiary/aromatic N) is 2. The zero-order valence-electron chi connectivity index (χ0n) is 21.0. The van der Waals surface area contributed by atoms with Crippen LogP contribution in [-0.2, 0) is 35.2 Å². The first kappa shape index (κ1) is 25.7. The summed E-state index contributed by atoms with van der Waals surface area (Å²) in [6.07, 6.45) is 7.19. The Morgan fingerprint density at radius 3 is 2.77 bits per heavy atom. The average molecular weight is 512 g/mol. The second-order valence-electron chi connectivity index (χ2n) is 10.4. The number of fused-ring (bicyclic) bond motifs is 2. The van der Waals surface area contributed by atoms with E-state index >= 15 is 0 Å². The number of hydrogen-bond donors (Lipinski definition) is 1. The van der Waals surface area contributed by atoms with Gasteiger partial charge in [0.25, 0.3) is 0 Å². The van der Waals surface area contributed by atoms with Gasteiger partial charge in [-0.3, -0.25) is 4.79 Å². The number of carbonyl (C=O) groups excluding carboxylic acids is 2. The van der Waals surface area contributed by atoms with Crippen LogP contribution in [0.25, 0.3) is 0 Å². The van der Waals surface area contributed by atoms with Crippen LogP contribution in [0.3, 0.4) is 0 Å². The minimum Gasteiger partial charge on any atom is -0.465 e. The third-order valence-electron chi connectivity index (χ3n) is 7.08. The third kappa shape index (κ3) is 5.73. The highest BCUT2D eigenvalue weighted by atomic mass is 32.2. The van der Waals surface area contributed by atoms with Crippen LogP contribution in [0.2, 0.25) is 0 Å². The molecule has 35 heavy (non-hydrogen) atoms. The lowest BCUT2D eigenvalue weighted by molar-refractivity contribution is -0.115. The van der Waals surface area contributed by atoms with Gasteiger partial charge in [0.15, 0.2) is 0 Å². The highest BCUT2D eigenvalue weighted by Gasteiger charge is 2.30. The van der Waals surface area contributed by atoms with Crippen LogP contribution in [0.1, 0.15) is 84.1 Å². The van der Waals surface area contributed by atoms with E-state index in [9.17, 15) is 14.9 Å². The maximum Gasteiger partial charge on any atom is 0.341 e. The van der Waals surface area contributed by atoms with Gasteiger partial charge in [-0.15, -0.1) is 23.1 Å². The van der Waals surface area contributed by atoms with Gasteiger partial charge in [0.2, 0.25) is 5.91 Å². The van der Waals surface area contributed by atoms with Crippen LogP contribution in [0.4, 0.5) is 5.00 Å². The van der Waals surface area contributed by atoms with Gasteiger partial charge in [-0.05, 0) is 73.5 Å². The maximum atomic E-state index is 12.7. The van der Waals surface area contributed by atoms with E-state index in [1.54, 1.807) is 0 Å². The fourth-order valence-electron chi connectivity index (χ4n) is 4.98. The Balaban J connectivity index is 1.40. The number of thioether (sulfide) groups is 1. The number of hydrogen-bond acceptors (Lipinski definition) is 7. The van der Waals surface area contributed by atoms with Crippen LogP contribution in [-0.4, -0.2) is 29.7 Å². The number of rotatable bonds is 6. The average Bonchev–Trinajstić information content (AvgIpc) is 3.19. The van der Waals surface area contributed by atoms with Crippen molar-refractivity contribution in [1.29, 1.82) is 5.26 Å². The summed E-state index contributed by atoms with van der Waals surface area (Å²) in [4.78, 5) is 31.1. The number of carbonyl (C=O) groups is 2. The zero-order valence-corrected chi connectivity index (χ0v) is 22.6. The van der Waals surface area contributed by atoms with E-state index in [0.717, 1.165) is 56.2 Å². The van der Waals surface area contributed by atoms with Crippen LogP contribution in [0.15, 0.2) is 11.1 Å². The van der Waals surface area contributed by atoms with Crippen LogP contribution in [0.5, 0.6) is 0 Å². The molecule has 4 rings (SSSR count). The number of amides is 1. The van der Waals surface area contributed by atoms with Gasteiger partial charge < -0.3 is 10.1 Å². The minimum atomic E-state index is -0.389. The molecule has 0 saturated heterocycles. The molecule has 1 atom stereocenters. The number of nitriles is 1. The van der Waals surface area contributed by atoms with Crippen molar-refractivity contribution in [1.82, 2.24) is 4.98 Å². The SMILES string of the molecule is COC(=O)c1c(NC(=O)CCSc2nc3c(cc2C#N)CC(C(C)(C)C)CC3)sc2c1CCCC2. The van der Waals surface area contributed by atoms with E-state index in [2.05, 4.69) is 32.2 Å². The summed E-state index contributed by atoms with van der Waals surface area (Å²) in [5.41, 5.74) is 4.65. The monoisotopic (exact) mass is 511 g/mol. The number of nitrogens with one attached hydrogen (secondary N) is 1. The van der Waals surface area contributed by atoms with Crippen molar-refractivity contribution in [2.45, 2.75) is 77.2 Å². The molecular formula is C27H33N3O3S2. The Labute approximate surface area is 215 Å². The molecule has 0 spiro atoms. The van der Waals surface area contributed by atoms with Crippen molar-refractivity contribution < 1.29 is 14.3 Å². The van der Waals surface area contributed by atoms with Crippen molar-refractivity contribution in [2.24, 2.45) is 11.3 Å². The quantitative estimate of drug-likeness (QED) is 0.380. The molecule has 1 unspecified atom stereocenters. The molecule has 1 amide bonds. The van der Waals surface area contributed by atoms with Gasteiger partial charge in [0, 0.05) is 22.7 Å². The smallest absolute Gasteiger partial charge is 0.341 e. The van der Waals surface area contributed by atoms with E-state index in [1.807, 2.05) is 6.07 Å². The highest BCUT2D eigenvalue weighted by molar-refractivity contribution is 7.99. The molecule has 0 bridgehead atoms. The lowest BCUT2D eigenvalue weighted by atomic mass is 9.71. The van der Waals surface area contributed by atoms with Crippen molar-refractivity contribution in [2.75, 3.05) is 18.2 Å². The van der Waals surface area contributed by atoms with Crippen LogP contribution >= 0.6 is 23.1 Å². The van der Waals surface area contributed by atoms with Gasteiger partial charge >= 0.3 is 5.97 Å². The molecule has 186 valence electrons. The Hall–Kier alpha value is -2.37. The first-order valence-corrected chi connectivity index (χ1v) is 14.1. The van der Waals surface area contributed by atoms with Crippen molar-refractivity contribution in [3.8, 4) is 6.07 Å². The van der Waals surface area contributed by atoms with E-state index in [4.69, 9.17) is 9.72 Å². The second kappa shape index (κ2) is 10.7. The normalized spacial score (nSPS) is 17.2. The molecule has 0 radical (unpaired) electrons. The molecule has 2 heterocycles. The van der Waals surface area contributed by atoms with Crippen LogP contribution in [0, 0.1) is 22.7 Å². The first-order valence-electron chi connectivity index (χ1n) is 12.3. The molecule has 0 saturated carbocycles. The number of aromatic nitrogens is 1. The molecule has 2 aromatic heterocycles. The molecule has 2 aliphatic carbocycles. The largest absolute Gasteiger partial charge is 0.465 e. The van der Waals surface area contributed by atoms with E-state index in [-0.39, 0.29) is 23.7 Å². The minimum absolute atomic E-state index is 0.147. The van der Waals surface area contributed by atoms with E-state index < -0.39 is 0 Å². The molecule has 6 nitrogen and oxygen atoms in total. The summed E-state index contributed by atoms with van der Waals surface area (Å²) in [5, 5.41) is 14.0. The van der Waals surface area contributed by atoms with Gasteiger partial charge in [0.1, 0.15) is 16.1 Å². The summed E-state index contributed by atoms with van der Waals surface area (Å²) >= 11 is 2.94. The molecule has 2 aliphatic rings. The predicted octanol–water partition coefficient (Wildman–Crippen LogP) is 5.95. The number of methoxy groups -OCH3 is 1. The van der Waals surface area contributed by atoms with Crippen molar-refractivity contribution >= 4 is 40.0 Å². The molecular weight excluding hydrogens is 478 g/mol. The number of pyridine rings is 1. The summed E-state index contributed by atoms with van der Waals surface area (Å²) in [5.74, 6) is 0.559. The van der Waals surface area contributed by atoms with E-state index in [1.165, 1.54) is 40.6 Å². The lowest BCUT2D eigenvalue weighted by Crippen LogP contribution is -2.27. The van der Waals surface area contributed by atoms with Gasteiger partial charge in [-0.2, -0.15) is 5.26 Å². The molecule has 2 aromatic rings. The summed E-state index contributed by atoms with van der Waals surface area (Å²) in [7, 11) is 1.37. The maximum absolute atomic E-state index is 12.7. The second-order valence-corrected chi connectivity index (χ2v) is 12.6. The number of esters is 1. The first-order chi connectivity index (χ1) is 16.7. The summed E-state index contributed by atoms with van der Waals surface area (Å²) in [6, 6.07) is 4.30. The fraction of sp³-hybridized carbons (Fsp3) is 0.556. The highest BCUT2D eigenvalue weighted by Crippen LogP contribution is 2.39. The Kier molecular flexibility index (Phi) is 7.87. The van der Waals surface area contributed by atoms with Gasteiger partial charge in [-0.1, -0.05) is 20.8 Å². The van der Waals surface area contributed by atoms with E-state index in [0.29, 0.717) is 32.8 Å². The predicted molar refractivity (Wildman–Crippen MR) is 140 cm³/mol. The van der Waals surface area contributed by atoms with Gasteiger partial charge in [0.05, 0.1) is 18.2 Å². The number of anilines is 1. The zero-order chi connectivity index (χ0) is 25.2. The lowest BCUT2D eigenvalue weighted by Gasteiger charge is -2.34.